The number of nitrogens with zero attached hydrogens (tertiary/aromatic N) is 2. The van der Waals surface area contributed by atoms with E-state index in [1.165, 1.54) is 0 Å². The van der Waals surface area contributed by atoms with Crippen LogP contribution >= 0.6 is 11.3 Å². The topological polar surface area (TPSA) is 49.5 Å². The Kier molecular flexibility index (Phi) is 4.69. The summed E-state index contributed by atoms with van der Waals surface area (Å²) >= 11 is 1.60. The number of aliphatic hydroxyl groups is 1. The average Bonchev–Trinajstić information content (AvgIpc) is 2.98. The molecule has 0 radical (unpaired) electrons. The van der Waals surface area contributed by atoms with Gasteiger partial charge in [-0.1, -0.05) is 12.1 Å². The molecule has 0 atom stereocenters. The van der Waals surface area contributed by atoms with Crippen LogP contribution in [0.25, 0.3) is 10.8 Å². The summed E-state index contributed by atoms with van der Waals surface area (Å²) in [6.45, 7) is 5.82. The molecule has 1 N–H and O–H groups in total. The van der Waals surface area contributed by atoms with Crippen LogP contribution in [0.4, 0.5) is 0 Å². The maximum absolute atomic E-state index is 8.98. The second-order valence-corrected chi connectivity index (χ2v) is 4.82. The van der Waals surface area contributed by atoms with Gasteiger partial charge in [-0.25, -0.2) is 4.98 Å². The van der Waals surface area contributed by atoms with Crippen molar-refractivity contribution >= 4 is 11.3 Å². The molecule has 0 saturated heterocycles. The molecule has 5 heteroatoms. The molecule has 0 saturated carbocycles. The highest BCUT2D eigenvalue weighted by atomic mass is 32.1. The van der Waals surface area contributed by atoms with Crippen LogP contribution in [0, 0.1) is 0 Å². The zero-order chi connectivity index (χ0) is 12.8. The molecule has 2 aromatic heterocycles. The Morgan fingerprint density at radius 2 is 2.44 bits per heavy atom. The standard InChI is InChI=1S/C13H16N2O2S/c1-2-5-15(6-7-16)9-11-10-17-13(14-11)12-4-3-8-18-12/h2-4,8,10,16H,1,5-7,9H2. The SMILES string of the molecule is C=CCN(CCO)Cc1coc(-c2cccs2)n1. The second kappa shape index (κ2) is 6.49. The normalized spacial score (nSPS) is 11.0. The fraction of sp³-hybridized carbons (Fsp3) is 0.308. The van der Waals surface area contributed by atoms with E-state index in [1.807, 2.05) is 23.6 Å². The van der Waals surface area contributed by atoms with E-state index in [-0.39, 0.29) is 6.61 Å². The lowest BCUT2D eigenvalue weighted by atomic mass is 10.4. The molecule has 2 rings (SSSR count). The third-order valence-electron chi connectivity index (χ3n) is 2.47. The Hall–Kier alpha value is -1.43. The first kappa shape index (κ1) is 13.0. The minimum atomic E-state index is 0.128. The predicted molar refractivity (Wildman–Crippen MR) is 72.4 cm³/mol. The van der Waals surface area contributed by atoms with E-state index >= 15 is 0 Å². The first-order chi connectivity index (χ1) is 8.83. The number of aliphatic hydroxyl groups excluding tert-OH is 1. The number of aromatic nitrogens is 1. The van der Waals surface area contributed by atoms with Crippen LogP contribution in [-0.4, -0.2) is 34.7 Å². The Balaban J connectivity index is 2.03. The van der Waals surface area contributed by atoms with Crippen molar-refractivity contribution in [3.05, 3.63) is 42.1 Å². The molecule has 0 spiro atoms. The van der Waals surface area contributed by atoms with Gasteiger partial charge in [0.05, 0.1) is 17.2 Å². The van der Waals surface area contributed by atoms with E-state index in [9.17, 15) is 0 Å². The number of hydrogen-bond donors (Lipinski definition) is 1. The summed E-state index contributed by atoms with van der Waals surface area (Å²) in [7, 11) is 0. The van der Waals surface area contributed by atoms with Gasteiger partial charge in [0, 0.05) is 19.6 Å². The molecule has 4 nitrogen and oxygen atoms in total. The van der Waals surface area contributed by atoms with Crippen LogP contribution in [0.15, 0.2) is 40.8 Å². The van der Waals surface area contributed by atoms with Crippen molar-refractivity contribution < 1.29 is 9.52 Å². The van der Waals surface area contributed by atoms with Crippen molar-refractivity contribution in [3.63, 3.8) is 0 Å². The first-order valence-electron chi connectivity index (χ1n) is 5.76. The van der Waals surface area contributed by atoms with Gasteiger partial charge < -0.3 is 9.52 Å². The second-order valence-electron chi connectivity index (χ2n) is 3.87. The first-order valence-corrected chi connectivity index (χ1v) is 6.64. The Morgan fingerprint density at radius 1 is 1.56 bits per heavy atom. The highest BCUT2D eigenvalue weighted by Crippen LogP contribution is 2.23. The highest BCUT2D eigenvalue weighted by Gasteiger charge is 2.10. The maximum Gasteiger partial charge on any atom is 0.236 e. The smallest absolute Gasteiger partial charge is 0.236 e. The third-order valence-corrected chi connectivity index (χ3v) is 3.33. The lowest BCUT2D eigenvalue weighted by Crippen LogP contribution is -2.26. The molecule has 0 unspecified atom stereocenters. The van der Waals surface area contributed by atoms with Gasteiger partial charge in [0.2, 0.25) is 5.89 Å². The van der Waals surface area contributed by atoms with Gasteiger partial charge in [-0.15, -0.1) is 17.9 Å². The molecular weight excluding hydrogens is 248 g/mol. The van der Waals surface area contributed by atoms with Crippen molar-refractivity contribution in [2.24, 2.45) is 0 Å². The van der Waals surface area contributed by atoms with Crippen LogP contribution in [0.3, 0.4) is 0 Å². The monoisotopic (exact) mass is 264 g/mol. The minimum Gasteiger partial charge on any atom is -0.444 e. The molecule has 0 aliphatic heterocycles. The fourth-order valence-electron chi connectivity index (χ4n) is 1.68. The van der Waals surface area contributed by atoms with Crippen LogP contribution in [-0.2, 0) is 6.54 Å². The van der Waals surface area contributed by atoms with E-state index in [1.54, 1.807) is 17.6 Å². The summed E-state index contributed by atoms with van der Waals surface area (Å²) in [5.74, 6) is 0.655. The van der Waals surface area contributed by atoms with E-state index in [4.69, 9.17) is 9.52 Å². The van der Waals surface area contributed by atoms with E-state index in [0.29, 0.717) is 19.0 Å². The zero-order valence-corrected chi connectivity index (χ0v) is 10.9. The molecule has 0 amide bonds. The lowest BCUT2D eigenvalue weighted by Gasteiger charge is -2.17. The Labute approximate surface area is 110 Å². The summed E-state index contributed by atoms with van der Waals surface area (Å²) in [6, 6.07) is 3.95. The minimum absolute atomic E-state index is 0.128. The molecule has 0 aliphatic carbocycles. The molecule has 0 bridgehead atoms. The van der Waals surface area contributed by atoms with Gasteiger partial charge in [0.25, 0.3) is 0 Å². The van der Waals surface area contributed by atoms with Crippen molar-refractivity contribution in [1.82, 2.24) is 9.88 Å². The van der Waals surface area contributed by atoms with Gasteiger partial charge in [-0.05, 0) is 11.4 Å². The lowest BCUT2D eigenvalue weighted by molar-refractivity contribution is 0.202. The summed E-state index contributed by atoms with van der Waals surface area (Å²) in [6.07, 6.45) is 3.48. The van der Waals surface area contributed by atoms with Crippen molar-refractivity contribution in [3.8, 4) is 10.8 Å². The van der Waals surface area contributed by atoms with Gasteiger partial charge in [-0.2, -0.15) is 0 Å². The number of hydrogen-bond acceptors (Lipinski definition) is 5. The quantitative estimate of drug-likeness (QED) is 0.780. The molecule has 2 heterocycles. The van der Waals surface area contributed by atoms with Crippen molar-refractivity contribution in [2.45, 2.75) is 6.54 Å². The van der Waals surface area contributed by atoms with Crippen molar-refractivity contribution in [1.29, 1.82) is 0 Å². The van der Waals surface area contributed by atoms with Crippen LogP contribution in [0.5, 0.6) is 0 Å². The van der Waals surface area contributed by atoms with E-state index in [2.05, 4.69) is 16.5 Å². The van der Waals surface area contributed by atoms with Crippen LogP contribution < -0.4 is 0 Å². The predicted octanol–water partition coefficient (Wildman–Crippen LogP) is 2.38. The largest absolute Gasteiger partial charge is 0.444 e. The van der Waals surface area contributed by atoms with Crippen LogP contribution in [0.1, 0.15) is 5.69 Å². The van der Waals surface area contributed by atoms with Gasteiger partial charge in [-0.3, -0.25) is 4.90 Å². The molecule has 96 valence electrons. The molecule has 0 aliphatic rings. The maximum atomic E-state index is 8.98. The highest BCUT2D eigenvalue weighted by molar-refractivity contribution is 7.13. The third kappa shape index (κ3) is 3.29. The number of rotatable bonds is 7. The van der Waals surface area contributed by atoms with Crippen molar-refractivity contribution in [2.75, 3.05) is 19.7 Å². The van der Waals surface area contributed by atoms with Crippen LogP contribution in [0.2, 0.25) is 0 Å². The van der Waals surface area contributed by atoms with E-state index in [0.717, 1.165) is 17.1 Å². The summed E-state index contributed by atoms with van der Waals surface area (Å²) in [5, 5.41) is 11.0. The Morgan fingerprint density at radius 3 is 3.11 bits per heavy atom. The Bertz CT molecular complexity index is 479. The molecule has 18 heavy (non-hydrogen) atoms. The summed E-state index contributed by atoms with van der Waals surface area (Å²) in [4.78, 5) is 7.53. The molecule has 2 aromatic rings. The zero-order valence-electron chi connectivity index (χ0n) is 10.1. The fourth-order valence-corrected chi connectivity index (χ4v) is 2.34. The summed E-state index contributed by atoms with van der Waals surface area (Å²) in [5.41, 5.74) is 0.869. The molecule has 0 fully saturated rings. The summed E-state index contributed by atoms with van der Waals surface area (Å²) < 4.78 is 5.45. The van der Waals surface area contributed by atoms with E-state index < -0.39 is 0 Å². The number of thiophene rings is 1. The average molecular weight is 264 g/mol. The van der Waals surface area contributed by atoms with Gasteiger partial charge in [0.15, 0.2) is 0 Å². The number of oxazole rings is 1. The molecule has 0 aromatic carbocycles. The molecular formula is C13H16N2O2S. The van der Waals surface area contributed by atoms with Gasteiger partial charge >= 0.3 is 0 Å². The van der Waals surface area contributed by atoms with Gasteiger partial charge in [0.1, 0.15) is 6.26 Å².